The topological polar surface area (TPSA) is 67.1 Å². The number of phenols is 1. The quantitative estimate of drug-likeness (QED) is 0.734. The minimum atomic E-state index is -0.259. The van der Waals surface area contributed by atoms with Gasteiger partial charge in [-0.05, 0) is 77.7 Å². The summed E-state index contributed by atoms with van der Waals surface area (Å²) >= 11 is 0. The molecule has 0 aliphatic carbocycles. The van der Waals surface area contributed by atoms with E-state index in [1.807, 2.05) is 12.1 Å². The molecule has 146 valence electrons. The Morgan fingerprint density at radius 3 is 2.43 bits per heavy atom. The molecular weight excluding hydrogens is 357 g/mol. The molecule has 28 heavy (non-hydrogen) atoms. The van der Waals surface area contributed by atoms with Gasteiger partial charge in [-0.15, -0.1) is 5.10 Å². The smallest absolute Gasteiger partial charge is 0.173 e. The number of hydrogen-bond acceptors (Lipinski definition) is 5. The van der Waals surface area contributed by atoms with Crippen LogP contribution in [0.5, 0.6) is 5.75 Å². The van der Waals surface area contributed by atoms with E-state index in [2.05, 4.69) is 27.3 Å². The third kappa shape index (κ3) is 4.04. The van der Waals surface area contributed by atoms with E-state index in [1.54, 1.807) is 28.9 Å². The predicted molar refractivity (Wildman–Crippen MR) is 103 cm³/mol. The van der Waals surface area contributed by atoms with Crippen molar-refractivity contribution in [1.82, 2.24) is 25.1 Å². The van der Waals surface area contributed by atoms with E-state index < -0.39 is 0 Å². The van der Waals surface area contributed by atoms with Crippen LogP contribution in [0, 0.1) is 11.7 Å². The van der Waals surface area contributed by atoms with Crippen molar-refractivity contribution in [3.05, 3.63) is 71.3 Å². The van der Waals surface area contributed by atoms with Crippen LogP contribution >= 0.6 is 0 Å². The highest BCUT2D eigenvalue weighted by molar-refractivity contribution is 5.31. The van der Waals surface area contributed by atoms with E-state index in [1.165, 1.54) is 12.1 Å². The normalized spacial score (nSPS) is 16.9. The zero-order valence-corrected chi connectivity index (χ0v) is 15.9. The predicted octanol–water partition coefficient (Wildman–Crippen LogP) is 3.39. The number of tetrazole rings is 1. The van der Waals surface area contributed by atoms with E-state index in [0.29, 0.717) is 12.5 Å². The van der Waals surface area contributed by atoms with E-state index in [4.69, 9.17) is 0 Å². The van der Waals surface area contributed by atoms with Crippen molar-refractivity contribution in [3.8, 4) is 5.75 Å². The zero-order chi connectivity index (χ0) is 19.5. The molecule has 0 bridgehead atoms. The van der Waals surface area contributed by atoms with Crippen molar-refractivity contribution < 1.29 is 9.50 Å². The van der Waals surface area contributed by atoms with Crippen molar-refractivity contribution in [2.45, 2.75) is 32.4 Å². The molecule has 6 nitrogen and oxygen atoms in total. The third-order valence-corrected chi connectivity index (χ3v) is 5.44. The lowest BCUT2D eigenvalue weighted by atomic mass is 9.95. The Bertz CT molecular complexity index is 901. The van der Waals surface area contributed by atoms with Gasteiger partial charge in [0, 0.05) is 0 Å². The number of phenolic OH excluding ortho intramolecular Hbond substituents is 1. The molecule has 0 amide bonds. The number of benzene rings is 2. The molecule has 0 spiro atoms. The van der Waals surface area contributed by atoms with Crippen LogP contribution in [0.25, 0.3) is 0 Å². The summed E-state index contributed by atoms with van der Waals surface area (Å²) in [6.45, 7) is 4.69. The molecule has 7 heteroatoms. The van der Waals surface area contributed by atoms with Crippen molar-refractivity contribution in [2.75, 3.05) is 13.1 Å². The molecular formula is C21H24FN5O. The number of hydrogen-bond donors (Lipinski definition) is 1. The number of nitrogens with zero attached hydrogens (tertiary/aromatic N) is 5. The Balaban J connectivity index is 1.67. The van der Waals surface area contributed by atoms with Crippen LogP contribution in [-0.2, 0) is 6.54 Å². The minimum Gasteiger partial charge on any atom is -0.508 e. The van der Waals surface area contributed by atoms with Gasteiger partial charge < -0.3 is 5.11 Å². The summed E-state index contributed by atoms with van der Waals surface area (Å²) < 4.78 is 15.0. The zero-order valence-electron chi connectivity index (χ0n) is 15.9. The number of rotatable bonds is 5. The fraction of sp³-hybridized carbons (Fsp3) is 0.381. The fourth-order valence-corrected chi connectivity index (χ4v) is 3.75. The first-order valence-electron chi connectivity index (χ1n) is 9.63. The fourth-order valence-electron chi connectivity index (χ4n) is 3.75. The largest absolute Gasteiger partial charge is 0.508 e. The van der Waals surface area contributed by atoms with Gasteiger partial charge in [-0.25, -0.2) is 9.07 Å². The maximum Gasteiger partial charge on any atom is 0.173 e. The van der Waals surface area contributed by atoms with E-state index in [9.17, 15) is 9.50 Å². The molecule has 1 aliphatic heterocycles. The second kappa shape index (κ2) is 8.06. The summed E-state index contributed by atoms with van der Waals surface area (Å²) in [5.41, 5.74) is 1.98. The van der Waals surface area contributed by atoms with Crippen molar-refractivity contribution in [3.63, 3.8) is 0 Å². The van der Waals surface area contributed by atoms with Gasteiger partial charge in [0.15, 0.2) is 5.82 Å². The number of aromatic nitrogens is 4. The van der Waals surface area contributed by atoms with Crippen molar-refractivity contribution in [2.24, 2.45) is 5.92 Å². The molecule has 1 aliphatic rings. The van der Waals surface area contributed by atoms with Crippen molar-refractivity contribution in [1.29, 1.82) is 0 Å². The summed E-state index contributed by atoms with van der Waals surface area (Å²) in [5.74, 6) is 1.45. The summed E-state index contributed by atoms with van der Waals surface area (Å²) in [4.78, 5) is 2.40. The van der Waals surface area contributed by atoms with Crippen LogP contribution in [0.4, 0.5) is 4.39 Å². The van der Waals surface area contributed by atoms with Crippen LogP contribution in [0.2, 0.25) is 0 Å². The minimum absolute atomic E-state index is 0.0939. The molecule has 3 aromatic rings. The van der Waals surface area contributed by atoms with Crippen LogP contribution in [-0.4, -0.2) is 43.3 Å². The molecule has 1 aromatic heterocycles. The summed E-state index contributed by atoms with van der Waals surface area (Å²) in [6, 6.07) is 13.5. The van der Waals surface area contributed by atoms with E-state index in [-0.39, 0.29) is 17.6 Å². The molecule has 0 saturated carbocycles. The number of likely N-dealkylation sites (tertiary alicyclic amines) is 1. The van der Waals surface area contributed by atoms with Gasteiger partial charge in [0.25, 0.3) is 0 Å². The average molecular weight is 381 g/mol. The first kappa shape index (κ1) is 18.6. The van der Waals surface area contributed by atoms with E-state index in [0.717, 1.165) is 42.9 Å². The monoisotopic (exact) mass is 381 g/mol. The van der Waals surface area contributed by atoms with Gasteiger partial charge in [-0.3, -0.25) is 4.90 Å². The van der Waals surface area contributed by atoms with Crippen LogP contribution in [0.1, 0.15) is 42.8 Å². The molecule has 0 radical (unpaired) electrons. The Morgan fingerprint density at radius 1 is 1.07 bits per heavy atom. The third-order valence-electron chi connectivity index (χ3n) is 5.44. The Hall–Kier alpha value is -2.80. The second-order valence-corrected chi connectivity index (χ2v) is 7.53. The maximum absolute atomic E-state index is 13.2. The average Bonchev–Trinajstić information content (AvgIpc) is 3.14. The highest BCUT2D eigenvalue weighted by atomic mass is 19.1. The Morgan fingerprint density at radius 2 is 1.75 bits per heavy atom. The molecule has 2 heterocycles. The van der Waals surface area contributed by atoms with Gasteiger partial charge in [0.05, 0.1) is 12.6 Å². The van der Waals surface area contributed by atoms with Gasteiger partial charge in [0.1, 0.15) is 11.6 Å². The lowest BCUT2D eigenvalue weighted by molar-refractivity contribution is 0.150. The second-order valence-electron chi connectivity index (χ2n) is 7.53. The van der Waals surface area contributed by atoms with Gasteiger partial charge in [0.2, 0.25) is 0 Å². The summed E-state index contributed by atoms with van der Waals surface area (Å²) in [7, 11) is 0. The maximum atomic E-state index is 13.2. The molecule has 1 fully saturated rings. The van der Waals surface area contributed by atoms with Crippen LogP contribution in [0.15, 0.2) is 48.5 Å². The standard InChI is InChI=1S/C21H24FN5O/c1-15-10-12-26(13-11-15)20(17-4-8-19(28)9-5-17)21-23-24-25-27(21)14-16-2-6-18(22)7-3-16/h2-9,15,20,28H,10-14H2,1H3. The highest BCUT2D eigenvalue weighted by Crippen LogP contribution is 2.32. The Labute approximate surface area is 163 Å². The lowest BCUT2D eigenvalue weighted by Crippen LogP contribution is -2.38. The molecule has 1 atom stereocenters. The summed E-state index contributed by atoms with van der Waals surface area (Å²) in [6.07, 6.45) is 2.27. The molecule has 1 N–H and O–H groups in total. The molecule has 4 rings (SSSR count). The molecule has 2 aromatic carbocycles. The number of halogens is 1. The molecule has 1 unspecified atom stereocenters. The number of aromatic hydroxyl groups is 1. The van der Waals surface area contributed by atoms with Gasteiger partial charge in [-0.2, -0.15) is 0 Å². The van der Waals surface area contributed by atoms with E-state index >= 15 is 0 Å². The van der Waals surface area contributed by atoms with Crippen LogP contribution in [0.3, 0.4) is 0 Å². The summed E-state index contributed by atoms with van der Waals surface area (Å²) in [5, 5.41) is 22.2. The van der Waals surface area contributed by atoms with Crippen LogP contribution < -0.4 is 0 Å². The van der Waals surface area contributed by atoms with Gasteiger partial charge >= 0.3 is 0 Å². The first-order chi connectivity index (χ1) is 13.6. The highest BCUT2D eigenvalue weighted by Gasteiger charge is 2.30. The molecule has 1 saturated heterocycles. The Kier molecular flexibility index (Phi) is 5.34. The number of piperidine rings is 1. The first-order valence-corrected chi connectivity index (χ1v) is 9.63. The lowest BCUT2D eigenvalue weighted by Gasteiger charge is -2.36. The van der Waals surface area contributed by atoms with Crippen molar-refractivity contribution >= 4 is 0 Å². The van der Waals surface area contributed by atoms with Gasteiger partial charge in [-0.1, -0.05) is 31.2 Å². The SMILES string of the molecule is CC1CCN(C(c2ccc(O)cc2)c2nnnn2Cc2ccc(F)cc2)CC1.